The third-order valence-corrected chi connectivity index (χ3v) is 0. The second-order valence-electron chi connectivity index (χ2n) is 2.41. The summed E-state index contributed by atoms with van der Waals surface area (Å²) < 4.78 is 0. The summed E-state index contributed by atoms with van der Waals surface area (Å²) in [4.78, 5) is 0. The summed E-state index contributed by atoms with van der Waals surface area (Å²) in [7, 11) is 4.33. The van der Waals surface area contributed by atoms with E-state index in [2.05, 4.69) is 35.7 Å². The molecule has 0 rings (SSSR count). The maximum atomic E-state index is 4.33. The van der Waals surface area contributed by atoms with Crippen molar-refractivity contribution in [3.8, 4) is 0 Å². The van der Waals surface area contributed by atoms with Crippen LogP contribution in [0.1, 0.15) is 27.7 Å². The molecule has 0 bridgehead atoms. The van der Waals surface area contributed by atoms with Crippen molar-refractivity contribution in [3.05, 3.63) is 24.3 Å². The van der Waals surface area contributed by atoms with Crippen molar-refractivity contribution in [2.24, 2.45) is 0 Å². The molecule has 0 amide bonds. The molecule has 0 unspecified atom stereocenters. The lowest BCUT2D eigenvalue weighted by Gasteiger charge is -1.65. The van der Waals surface area contributed by atoms with Crippen molar-refractivity contribution in [3.63, 3.8) is 0 Å². The van der Waals surface area contributed by atoms with E-state index in [0.29, 0.717) is 0 Å². The van der Waals surface area contributed by atoms with Gasteiger partial charge in [-0.1, -0.05) is 23.0 Å². The van der Waals surface area contributed by atoms with Gasteiger partial charge in [0.1, 0.15) is 0 Å². The average Bonchev–Trinajstić information content (AvgIpc) is 1.66. The summed E-state index contributed by atoms with van der Waals surface area (Å²) >= 11 is 3.00. The molecule has 0 radical (unpaired) electrons. The molecule has 0 saturated carbocycles. The van der Waals surface area contributed by atoms with E-state index in [-0.39, 0.29) is 0 Å². The number of halogens is 1. The first-order chi connectivity index (χ1) is 4.46. The Bertz CT molecular complexity index is 67.3. The smallest absolute Gasteiger partial charge is 0.0445 e. The molecule has 0 nitrogen and oxygen atoms in total. The minimum Gasteiger partial charge on any atom is -0.100 e. The van der Waals surface area contributed by atoms with Crippen molar-refractivity contribution < 1.29 is 0 Å². The van der Waals surface area contributed by atoms with Crippen LogP contribution >= 0.6 is 22.5 Å². The molecule has 2 heteroatoms. The molecule has 0 aliphatic rings. The molecule has 0 aromatic carbocycles. The summed E-state index contributed by atoms with van der Waals surface area (Å²) in [6.45, 7) is 15.0. The Kier molecular flexibility index (Phi) is 26.7. The Balaban J connectivity index is -0.0000000787. The molecule has 0 N–H and O–H groups in total. The second kappa shape index (κ2) is 16.1. The van der Waals surface area contributed by atoms with Gasteiger partial charge in [-0.2, -0.15) is 0 Å². The first kappa shape index (κ1) is 16.6. The Morgan fingerprint density at radius 1 is 0.900 bits per heavy atom. The highest BCUT2D eigenvalue weighted by molar-refractivity contribution is 8.05. The van der Waals surface area contributed by atoms with E-state index in [1.807, 2.05) is 27.7 Å². The van der Waals surface area contributed by atoms with E-state index in [1.165, 1.54) is 11.1 Å². The van der Waals surface area contributed by atoms with Gasteiger partial charge in [0, 0.05) is 0 Å². The topological polar surface area (TPSA) is 0 Å². The van der Waals surface area contributed by atoms with E-state index in [0.717, 1.165) is 0 Å². The van der Waals surface area contributed by atoms with Crippen LogP contribution in [0.15, 0.2) is 24.3 Å². The second-order valence-corrected chi connectivity index (χ2v) is 2.41. The van der Waals surface area contributed by atoms with E-state index in [9.17, 15) is 0 Å². The van der Waals surface area contributed by atoms with Gasteiger partial charge in [0.2, 0.25) is 0 Å². The largest absolute Gasteiger partial charge is 0.100 e. The van der Waals surface area contributed by atoms with Gasteiger partial charge >= 0.3 is 0 Å². The average molecular weight is 181 g/mol. The van der Waals surface area contributed by atoms with Gasteiger partial charge < -0.3 is 0 Å². The predicted molar refractivity (Wildman–Crippen MR) is 55.8 cm³/mol. The fourth-order valence-electron chi connectivity index (χ4n) is 0. The van der Waals surface area contributed by atoms with Crippen LogP contribution in [0.2, 0.25) is 0 Å². The third kappa shape index (κ3) is 28600. The van der Waals surface area contributed by atoms with Gasteiger partial charge in [0.05, 0.1) is 0 Å². The lowest BCUT2D eigenvalue weighted by molar-refractivity contribution is 1.42. The first-order valence-corrected chi connectivity index (χ1v) is 4.23. The van der Waals surface area contributed by atoms with Crippen LogP contribution < -0.4 is 0 Å². The zero-order valence-corrected chi connectivity index (χ0v) is 8.89. The molecule has 0 aliphatic carbocycles. The molecular weight excluding hydrogens is 164 g/mol. The molecule has 0 heterocycles. The van der Waals surface area contributed by atoms with Crippen LogP contribution in [0.4, 0.5) is 0 Å². The number of hydrogen-bond acceptors (Lipinski definition) is 1. The van der Waals surface area contributed by atoms with Crippen LogP contribution in [0.25, 0.3) is 0 Å². The number of thiol groups is 1. The minimum absolute atomic E-state index is 1.17. The summed E-state index contributed by atoms with van der Waals surface area (Å²) in [5, 5.41) is 0. The van der Waals surface area contributed by atoms with Crippen LogP contribution in [-0.2, 0) is 0 Å². The molecule has 0 saturated heterocycles. The lowest BCUT2D eigenvalue weighted by Crippen LogP contribution is -1.43. The standard InChI is InChI=1S/2C4H8.ClHS/c2*1-4(2)3;1-2/h2*1H2,2-3H3;2H. The van der Waals surface area contributed by atoms with E-state index >= 15 is 0 Å². The number of rotatable bonds is 0. The molecule has 0 aromatic heterocycles. The monoisotopic (exact) mass is 180 g/mol. The van der Waals surface area contributed by atoms with Gasteiger partial charge in [0.25, 0.3) is 0 Å². The molecule has 0 aliphatic heterocycles. The van der Waals surface area contributed by atoms with Crippen molar-refractivity contribution in [1.29, 1.82) is 0 Å². The van der Waals surface area contributed by atoms with Crippen LogP contribution in [0.3, 0.4) is 0 Å². The summed E-state index contributed by atoms with van der Waals surface area (Å²) in [5.74, 6) is 0. The fourth-order valence-corrected chi connectivity index (χ4v) is 0. The Morgan fingerprint density at radius 3 is 0.900 bits per heavy atom. The maximum Gasteiger partial charge on any atom is -0.0445 e. The normalized spacial score (nSPS) is 5.80. The van der Waals surface area contributed by atoms with Gasteiger partial charge in [-0.05, 0) is 38.4 Å². The van der Waals surface area contributed by atoms with Crippen molar-refractivity contribution >= 4 is 22.5 Å². The van der Waals surface area contributed by atoms with Crippen molar-refractivity contribution in [2.75, 3.05) is 0 Å². The van der Waals surface area contributed by atoms with Gasteiger partial charge in [-0.15, -0.1) is 13.2 Å². The van der Waals surface area contributed by atoms with Crippen molar-refractivity contribution in [1.82, 2.24) is 0 Å². The first-order valence-electron chi connectivity index (χ1n) is 2.88. The number of hydrogen-bond donors (Lipinski definition) is 1. The SMILES string of the molecule is C=C(C)C.C=C(C)C.SCl. The molecule has 0 fully saturated rings. The highest BCUT2D eigenvalue weighted by Crippen LogP contribution is 1.74. The Morgan fingerprint density at radius 2 is 0.900 bits per heavy atom. The zero-order chi connectivity index (χ0) is 9.15. The molecule has 62 valence electrons. The quantitative estimate of drug-likeness (QED) is 0.419. The van der Waals surface area contributed by atoms with Gasteiger partial charge in [-0.25, -0.2) is 0 Å². The highest BCUT2D eigenvalue weighted by atomic mass is 35.7. The van der Waals surface area contributed by atoms with E-state index in [4.69, 9.17) is 0 Å². The van der Waals surface area contributed by atoms with Crippen LogP contribution in [0.5, 0.6) is 0 Å². The molecule has 0 aromatic rings. The van der Waals surface area contributed by atoms with E-state index in [1.54, 1.807) is 0 Å². The molecular formula is C8H17ClS. The fraction of sp³-hybridized carbons (Fsp3) is 0.500. The minimum atomic E-state index is 1.17. The number of allylic oxidation sites excluding steroid dienone is 2. The molecule has 10 heavy (non-hydrogen) atoms. The van der Waals surface area contributed by atoms with Crippen LogP contribution in [0, 0.1) is 0 Å². The Labute approximate surface area is 74.9 Å². The van der Waals surface area contributed by atoms with Gasteiger partial charge in [0.15, 0.2) is 0 Å². The Hall–Kier alpha value is 0.120. The van der Waals surface area contributed by atoms with E-state index < -0.39 is 0 Å². The van der Waals surface area contributed by atoms with Crippen molar-refractivity contribution in [2.45, 2.75) is 27.7 Å². The summed E-state index contributed by atoms with van der Waals surface area (Å²) in [6.07, 6.45) is 0. The summed E-state index contributed by atoms with van der Waals surface area (Å²) in [6, 6.07) is 0. The lowest BCUT2D eigenvalue weighted by atomic mass is 10.4. The molecule has 0 spiro atoms. The van der Waals surface area contributed by atoms with Crippen LogP contribution in [-0.4, -0.2) is 0 Å². The predicted octanol–water partition coefficient (Wildman–Crippen LogP) is 4.23. The highest BCUT2D eigenvalue weighted by Gasteiger charge is 1.52. The molecule has 0 atom stereocenters. The zero-order valence-electron chi connectivity index (χ0n) is 7.24. The third-order valence-electron chi connectivity index (χ3n) is 0. The maximum absolute atomic E-state index is 4.33. The summed E-state index contributed by atoms with van der Waals surface area (Å²) in [5.41, 5.74) is 2.33. The van der Waals surface area contributed by atoms with Gasteiger partial charge in [-0.3, -0.25) is 0 Å².